The lowest BCUT2D eigenvalue weighted by Crippen LogP contribution is -2.41. The molecule has 0 aliphatic heterocycles. The first-order chi connectivity index (χ1) is 9.92. The van der Waals surface area contributed by atoms with Crippen molar-refractivity contribution in [2.24, 2.45) is 0 Å². The van der Waals surface area contributed by atoms with Crippen LogP contribution >= 0.6 is 0 Å². The van der Waals surface area contributed by atoms with Gasteiger partial charge in [0.05, 0.1) is 12.0 Å². The van der Waals surface area contributed by atoms with E-state index in [1.165, 1.54) is 13.8 Å². The third kappa shape index (κ3) is 7.38. The molecule has 1 atom stereocenters. The van der Waals surface area contributed by atoms with Crippen molar-refractivity contribution in [3.05, 3.63) is 24.3 Å². The van der Waals surface area contributed by atoms with Gasteiger partial charge in [-0.05, 0) is 40.0 Å². The van der Waals surface area contributed by atoms with Gasteiger partial charge in [0, 0.05) is 11.1 Å². The van der Waals surface area contributed by atoms with Gasteiger partial charge >= 0.3 is 17.9 Å². The first-order valence-corrected chi connectivity index (χ1v) is 7.15. The van der Waals surface area contributed by atoms with Crippen LogP contribution in [0.3, 0.4) is 0 Å². The lowest BCUT2D eigenvalue weighted by Gasteiger charge is -2.28. The molecule has 0 saturated heterocycles. The standard InChI is InChI=1S/C16H26O6/c1-7-15(6,19)9-8-10-16(20,21-13(17)11(2)3)22-14(18)12(4)5/h19-20H,2,4,7-10H2,1,3,5-6H3. The third-order valence-corrected chi connectivity index (χ3v) is 3.17. The molecule has 6 heteroatoms. The molecule has 0 amide bonds. The van der Waals surface area contributed by atoms with Gasteiger partial charge in [0.25, 0.3) is 0 Å². The Hall–Kier alpha value is -1.66. The number of carbonyl (C=O) groups excluding carboxylic acids is 2. The summed E-state index contributed by atoms with van der Waals surface area (Å²) in [6.07, 6.45) is 0.995. The van der Waals surface area contributed by atoms with Crippen LogP contribution in [0.15, 0.2) is 24.3 Å². The van der Waals surface area contributed by atoms with E-state index in [1.807, 2.05) is 6.92 Å². The minimum absolute atomic E-state index is 0.0605. The van der Waals surface area contributed by atoms with Gasteiger partial charge in [-0.15, -0.1) is 0 Å². The van der Waals surface area contributed by atoms with E-state index in [-0.39, 0.29) is 24.0 Å². The summed E-state index contributed by atoms with van der Waals surface area (Å²) in [5.41, 5.74) is -0.784. The largest absolute Gasteiger partial charge is 0.395 e. The molecule has 0 aromatic rings. The van der Waals surface area contributed by atoms with Crippen LogP contribution in [0, 0.1) is 0 Å². The highest BCUT2D eigenvalue weighted by atomic mass is 16.8. The lowest BCUT2D eigenvalue weighted by atomic mass is 9.96. The molecule has 22 heavy (non-hydrogen) atoms. The zero-order chi connectivity index (χ0) is 17.6. The van der Waals surface area contributed by atoms with Gasteiger partial charge in [-0.1, -0.05) is 20.1 Å². The molecule has 1 unspecified atom stereocenters. The van der Waals surface area contributed by atoms with Crippen LogP contribution < -0.4 is 0 Å². The van der Waals surface area contributed by atoms with Gasteiger partial charge < -0.3 is 19.7 Å². The maximum atomic E-state index is 11.6. The minimum Gasteiger partial charge on any atom is -0.395 e. The molecule has 0 radical (unpaired) electrons. The molecule has 0 aliphatic carbocycles. The molecule has 0 fully saturated rings. The van der Waals surface area contributed by atoms with Crippen molar-refractivity contribution in [1.29, 1.82) is 0 Å². The summed E-state index contributed by atoms with van der Waals surface area (Å²) < 4.78 is 9.64. The molecule has 0 spiro atoms. The second-order valence-corrected chi connectivity index (χ2v) is 5.76. The fraction of sp³-hybridized carbons (Fsp3) is 0.625. The fourth-order valence-corrected chi connectivity index (χ4v) is 1.46. The van der Waals surface area contributed by atoms with Crippen LogP contribution in [0.5, 0.6) is 0 Å². The molecule has 126 valence electrons. The summed E-state index contributed by atoms with van der Waals surface area (Å²) in [5.74, 6) is -4.16. The SMILES string of the molecule is C=C(C)C(=O)OC(O)(CCCC(C)(O)CC)OC(=O)C(=C)C. The van der Waals surface area contributed by atoms with E-state index in [4.69, 9.17) is 9.47 Å². The van der Waals surface area contributed by atoms with Crippen molar-refractivity contribution < 1.29 is 29.3 Å². The Labute approximate surface area is 131 Å². The fourth-order valence-electron chi connectivity index (χ4n) is 1.46. The molecule has 0 rings (SSSR count). The predicted molar refractivity (Wildman–Crippen MR) is 81.5 cm³/mol. The van der Waals surface area contributed by atoms with Crippen LogP contribution in [0.4, 0.5) is 0 Å². The van der Waals surface area contributed by atoms with Gasteiger partial charge in [-0.2, -0.15) is 0 Å². The Bertz CT molecular complexity index is 422. The molecule has 0 heterocycles. The zero-order valence-electron chi connectivity index (χ0n) is 13.8. The summed E-state index contributed by atoms with van der Waals surface area (Å²) in [6.45, 7) is 13.1. The summed E-state index contributed by atoms with van der Waals surface area (Å²) in [7, 11) is 0. The Morgan fingerprint density at radius 1 is 1.00 bits per heavy atom. The predicted octanol–water partition coefficient (Wildman–Crippen LogP) is 2.20. The number of esters is 2. The highest BCUT2D eigenvalue weighted by Crippen LogP contribution is 2.25. The Morgan fingerprint density at radius 2 is 1.41 bits per heavy atom. The molecule has 0 aromatic heterocycles. The monoisotopic (exact) mass is 314 g/mol. The normalized spacial score (nSPS) is 13.9. The number of hydrogen-bond donors (Lipinski definition) is 2. The molecule has 0 aromatic carbocycles. The van der Waals surface area contributed by atoms with Gasteiger partial charge in [-0.25, -0.2) is 9.59 Å². The highest BCUT2D eigenvalue weighted by Gasteiger charge is 2.37. The average molecular weight is 314 g/mol. The van der Waals surface area contributed by atoms with Crippen molar-refractivity contribution in [1.82, 2.24) is 0 Å². The van der Waals surface area contributed by atoms with Crippen LogP contribution in [0.1, 0.15) is 53.4 Å². The Kier molecular flexibility index (Phi) is 7.49. The average Bonchev–Trinajstić information content (AvgIpc) is 2.37. The van der Waals surface area contributed by atoms with Crippen LogP contribution in [-0.2, 0) is 19.1 Å². The van der Waals surface area contributed by atoms with Crippen molar-refractivity contribution in [2.45, 2.75) is 65.0 Å². The molecule has 0 aliphatic rings. The van der Waals surface area contributed by atoms with Gasteiger partial charge in [0.1, 0.15) is 0 Å². The van der Waals surface area contributed by atoms with Crippen molar-refractivity contribution in [3.63, 3.8) is 0 Å². The number of rotatable bonds is 9. The molecule has 0 bridgehead atoms. The van der Waals surface area contributed by atoms with Gasteiger partial charge in [-0.3, -0.25) is 0 Å². The molecule has 2 N–H and O–H groups in total. The second-order valence-electron chi connectivity index (χ2n) is 5.76. The van der Waals surface area contributed by atoms with Crippen molar-refractivity contribution in [3.8, 4) is 0 Å². The molecule has 0 saturated carbocycles. The summed E-state index contributed by atoms with van der Waals surface area (Å²) in [5, 5.41) is 20.2. The van der Waals surface area contributed by atoms with E-state index < -0.39 is 23.5 Å². The molecular formula is C16H26O6. The third-order valence-electron chi connectivity index (χ3n) is 3.17. The van der Waals surface area contributed by atoms with E-state index in [2.05, 4.69) is 13.2 Å². The minimum atomic E-state index is -2.41. The van der Waals surface area contributed by atoms with E-state index in [0.717, 1.165) is 0 Å². The number of aliphatic hydroxyl groups is 2. The Balaban J connectivity index is 4.92. The molecular weight excluding hydrogens is 288 g/mol. The summed E-state index contributed by atoms with van der Waals surface area (Å²) in [4.78, 5) is 23.2. The van der Waals surface area contributed by atoms with Crippen LogP contribution in [-0.4, -0.2) is 33.7 Å². The number of hydrogen-bond acceptors (Lipinski definition) is 6. The number of ether oxygens (including phenoxy) is 2. The van der Waals surface area contributed by atoms with E-state index >= 15 is 0 Å². The quantitative estimate of drug-likeness (QED) is 0.385. The smallest absolute Gasteiger partial charge is 0.373 e. The maximum Gasteiger partial charge on any atom is 0.373 e. The van der Waals surface area contributed by atoms with E-state index in [9.17, 15) is 19.8 Å². The topological polar surface area (TPSA) is 93.1 Å². The first kappa shape index (κ1) is 20.3. The van der Waals surface area contributed by atoms with E-state index in [1.54, 1.807) is 6.92 Å². The molecule has 6 nitrogen and oxygen atoms in total. The zero-order valence-corrected chi connectivity index (χ0v) is 13.8. The Morgan fingerprint density at radius 3 is 1.73 bits per heavy atom. The van der Waals surface area contributed by atoms with Crippen molar-refractivity contribution in [2.75, 3.05) is 0 Å². The lowest BCUT2D eigenvalue weighted by molar-refractivity contribution is -0.325. The van der Waals surface area contributed by atoms with Crippen LogP contribution in [0.2, 0.25) is 0 Å². The van der Waals surface area contributed by atoms with Crippen molar-refractivity contribution >= 4 is 11.9 Å². The highest BCUT2D eigenvalue weighted by molar-refractivity contribution is 5.88. The maximum absolute atomic E-state index is 11.6. The second kappa shape index (κ2) is 8.10. The van der Waals surface area contributed by atoms with Gasteiger partial charge in [0.15, 0.2) is 0 Å². The summed E-state index contributed by atoms with van der Waals surface area (Å²) in [6, 6.07) is 0. The van der Waals surface area contributed by atoms with Gasteiger partial charge in [0.2, 0.25) is 0 Å². The number of carbonyl (C=O) groups is 2. The summed E-state index contributed by atoms with van der Waals surface area (Å²) >= 11 is 0. The van der Waals surface area contributed by atoms with Crippen LogP contribution in [0.25, 0.3) is 0 Å². The first-order valence-electron chi connectivity index (χ1n) is 7.15. The van der Waals surface area contributed by atoms with E-state index in [0.29, 0.717) is 12.8 Å².